The van der Waals surface area contributed by atoms with Crippen LogP contribution in [0.1, 0.15) is 53.9 Å². The van der Waals surface area contributed by atoms with Crippen molar-refractivity contribution < 1.29 is 28.6 Å². The smallest absolute Gasteiger partial charge is 0.324 e. The molecule has 0 aromatic heterocycles. The molecule has 2 aliphatic carbocycles. The molecule has 0 aromatic rings. The number of carbonyl (C=O) groups excluding carboxylic acids is 3. The van der Waals surface area contributed by atoms with E-state index in [0.717, 1.165) is 5.57 Å². The fourth-order valence-corrected chi connectivity index (χ4v) is 3.26. The van der Waals surface area contributed by atoms with Crippen LogP contribution in [-0.2, 0) is 28.6 Å². The highest BCUT2D eigenvalue weighted by Gasteiger charge is 2.56. The third-order valence-corrected chi connectivity index (χ3v) is 4.53. The second-order valence-corrected chi connectivity index (χ2v) is 7.67. The third-order valence-electron chi connectivity index (χ3n) is 4.53. The van der Waals surface area contributed by atoms with Gasteiger partial charge in [0.05, 0.1) is 19.1 Å². The number of allylic oxidation sites excluding steroid dienone is 2. The normalized spacial score (nSPS) is 24.3. The van der Waals surface area contributed by atoms with Gasteiger partial charge in [0, 0.05) is 0 Å². The van der Waals surface area contributed by atoms with Crippen LogP contribution in [0.3, 0.4) is 0 Å². The molecule has 0 unspecified atom stereocenters. The molecule has 2 atom stereocenters. The minimum atomic E-state index is -1.30. The van der Waals surface area contributed by atoms with Crippen molar-refractivity contribution in [3.63, 3.8) is 0 Å². The molecule has 1 saturated carbocycles. The van der Waals surface area contributed by atoms with Gasteiger partial charge in [-0.25, -0.2) is 0 Å². The Bertz CT molecular complexity index is 565. The van der Waals surface area contributed by atoms with E-state index in [4.69, 9.17) is 14.2 Å². The van der Waals surface area contributed by atoms with Crippen molar-refractivity contribution in [1.29, 1.82) is 0 Å². The summed E-state index contributed by atoms with van der Waals surface area (Å²) in [5, 5.41) is 0. The summed E-state index contributed by atoms with van der Waals surface area (Å²) in [6.07, 6.45) is 3.11. The van der Waals surface area contributed by atoms with Crippen LogP contribution in [0.5, 0.6) is 0 Å². The molecule has 0 heterocycles. The summed E-state index contributed by atoms with van der Waals surface area (Å²) in [4.78, 5) is 37.0. The number of ether oxygens (including phenoxy) is 3. The van der Waals surface area contributed by atoms with E-state index in [1.165, 1.54) is 0 Å². The van der Waals surface area contributed by atoms with Gasteiger partial charge in [-0.05, 0) is 59.8 Å². The molecule has 0 N–H and O–H groups in total. The lowest BCUT2D eigenvalue weighted by Gasteiger charge is -2.24. The molecule has 0 bridgehead atoms. The highest BCUT2D eigenvalue weighted by atomic mass is 16.6. The largest absolute Gasteiger partial charge is 0.465 e. The van der Waals surface area contributed by atoms with Gasteiger partial charge in [-0.3, -0.25) is 14.4 Å². The Balaban J connectivity index is 2.06. The monoisotopic (exact) mass is 352 g/mol. The minimum absolute atomic E-state index is 0.0422. The van der Waals surface area contributed by atoms with Gasteiger partial charge in [0.2, 0.25) is 0 Å². The first-order valence-corrected chi connectivity index (χ1v) is 8.91. The molecule has 6 heteroatoms. The van der Waals surface area contributed by atoms with E-state index in [9.17, 15) is 14.4 Å². The molecule has 0 saturated heterocycles. The number of rotatable bonds is 6. The predicted octanol–water partition coefficient (Wildman–Crippen LogP) is 2.80. The second-order valence-electron chi connectivity index (χ2n) is 7.67. The van der Waals surface area contributed by atoms with E-state index in [1.54, 1.807) is 13.8 Å². The Kier molecular flexibility index (Phi) is 5.59. The van der Waals surface area contributed by atoms with Gasteiger partial charge < -0.3 is 14.2 Å². The van der Waals surface area contributed by atoms with Crippen molar-refractivity contribution in [2.45, 2.75) is 59.5 Å². The third kappa shape index (κ3) is 4.22. The van der Waals surface area contributed by atoms with E-state index in [1.807, 2.05) is 26.8 Å². The van der Waals surface area contributed by atoms with Crippen LogP contribution in [0, 0.1) is 17.3 Å². The maximum absolute atomic E-state index is 12.4. The lowest BCUT2D eigenvalue weighted by atomic mass is 9.83. The summed E-state index contributed by atoms with van der Waals surface area (Å²) >= 11 is 0. The molecule has 25 heavy (non-hydrogen) atoms. The molecular formula is C19H28O6. The van der Waals surface area contributed by atoms with Gasteiger partial charge in [0.1, 0.15) is 5.60 Å². The summed E-state index contributed by atoms with van der Waals surface area (Å²) in [5.74, 6) is -1.46. The van der Waals surface area contributed by atoms with E-state index < -0.39 is 23.0 Å². The van der Waals surface area contributed by atoms with Crippen molar-refractivity contribution >= 4 is 17.9 Å². The predicted molar refractivity (Wildman–Crippen MR) is 90.5 cm³/mol. The second kappa shape index (κ2) is 7.18. The van der Waals surface area contributed by atoms with Crippen molar-refractivity contribution in [2.75, 3.05) is 13.2 Å². The molecular weight excluding hydrogens is 324 g/mol. The topological polar surface area (TPSA) is 78.9 Å². The Hall–Kier alpha value is -1.85. The summed E-state index contributed by atoms with van der Waals surface area (Å²) in [7, 11) is 0. The van der Waals surface area contributed by atoms with Crippen molar-refractivity contribution in [1.82, 2.24) is 0 Å². The van der Waals surface area contributed by atoms with E-state index in [0.29, 0.717) is 6.42 Å². The Morgan fingerprint density at radius 2 is 1.68 bits per heavy atom. The standard InChI is InChI=1S/C19H28O6/c1-6-23-16(21)19(17(22)24-7-2)9-8-12(11-19)13-10-14(13)15(20)25-18(3,4)5/h8,13-14H,6-7,9-11H2,1-5H3/t13-,14-/m0/s1. The van der Waals surface area contributed by atoms with E-state index in [2.05, 4.69) is 0 Å². The molecule has 0 radical (unpaired) electrons. The summed E-state index contributed by atoms with van der Waals surface area (Å²) in [5.41, 5.74) is -0.868. The molecule has 6 nitrogen and oxygen atoms in total. The average molecular weight is 352 g/mol. The first-order valence-electron chi connectivity index (χ1n) is 8.91. The van der Waals surface area contributed by atoms with Gasteiger partial charge in [-0.1, -0.05) is 11.6 Å². The molecule has 0 aromatic carbocycles. The Morgan fingerprint density at radius 3 is 2.16 bits per heavy atom. The van der Waals surface area contributed by atoms with Crippen LogP contribution >= 0.6 is 0 Å². The fourth-order valence-electron chi connectivity index (χ4n) is 3.26. The molecule has 140 valence electrons. The summed E-state index contributed by atoms with van der Waals surface area (Å²) < 4.78 is 15.7. The molecule has 2 aliphatic rings. The SMILES string of the molecule is CCOC(=O)C1(C(=O)OCC)CC=C([C@@H]2C[C@@H]2C(=O)OC(C)(C)C)C1. The van der Waals surface area contributed by atoms with Crippen LogP contribution in [0.25, 0.3) is 0 Å². The summed E-state index contributed by atoms with van der Waals surface area (Å²) in [6, 6.07) is 0. The van der Waals surface area contributed by atoms with Gasteiger partial charge >= 0.3 is 17.9 Å². The maximum atomic E-state index is 12.4. The quantitative estimate of drug-likeness (QED) is 0.316. The number of esters is 3. The first-order chi connectivity index (χ1) is 11.6. The Morgan fingerprint density at radius 1 is 1.12 bits per heavy atom. The molecule has 0 spiro atoms. The van der Waals surface area contributed by atoms with Crippen LogP contribution in [0.15, 0.2) is 11.6 Å². The van der Waals surface area contributed by atoms with Gasteiger partial charge in [-0.15, -0.1) is 0 Å². The number of carbonyl (C=O) groups is 3. The van der Waals surface area contributed by atoms with Gasteiger partial charge in [0.15, 0.2) is 5.41 Å². The van der Waals surface area contributed by atoms with E-state index >= 15 is 0 Å². The first kappa shape index (κ1) is 19.5. The zero-order valence-electron chi connectivity index (χ0n) is 15.7. The lowest BCUT2D eigenvalue weighted by Crippen LogP contribution is -2.40. The number of hydrogen-bond donors (Lipinski definition) is 0. The zero-order valence-corrected chi connectivity index (χ0v) is 15.7. The zero-order chi connectivity index (χ0) is 18.8. The maximum Gasteiger partial charge on any atom is 0.324 e. The van der Waals surface area contributed by atoms with Crippen molar-refractivity contribution in [2.24, 2.45) is 17.3 Å². The van der Waals surface area contributed by atoms with Crippen LogP contribution in [0.4, 0.5) is 0 Å². The lowest BCUT2D eigenvalue weighted by molar-refractivity contribution is -0.171. The van der Waals surface area contributed by atoms with Crippen molar-refractivity contribution in [3.05, 3.63) is 11.6 Å². The molecule has 0 aliphatic heterocycles. The van der Waals surface area contributed by atoms with Crippen LogP contribution in [-0.4, -0.2) is 36.7 Å². The van der Waals surface area contributed by atoms with Crippen molar-refractivity contribution in [3.8, 4) is 0 Å². The van der Waals surface area contributed by atoms with Crippen LogP contribution < -0.4 is 0 Å². The molecule has 1 fully saturated rings. The summed E-state index contributed by atoms with van der Waals surface area (Å²) in [6.45, 7) is 9.34. The van der Waals surface area contributed by atoms with Crippen LogP contribution in [0.2, 0.25) is 0 Å². The minimum Gasteiger partial charge on any atom is -0.465 e. The fraction of sp³-hybridized carbons (Fsp3) is 0.737. The van der Waals surface area contributed by atoms with Gasteiger partial charge in [-0.2, -0.15) is 0 Å². The Labute approximate surface area is 148 Å². The highest BCUT2D eigenvalue weighted by Crippen LogP contribution is 2.53. The van der Waals surface area contributed by atoms with Gasteiger partial charge in [0.25, 0.3) is 0 Å². The average Bonchev–Trinajstić information content (AvgIpc) is 3.18. The van der Waals surface area contributed by atoms with E-state index in [-0.39, 0.29) is 43.9 Å². The molecule has 2 rings (SSSR count). The molecule has 0 amide bonds. The number of hydrogen-bond acceptors (Lipinski definition) is 6. The highest BCUT2D eigenvalue weighted by molar-refractivity contribution is 6.01.